The van der Waals surface area contributed by atoms with Crippen molar-refractivity contribution in [1.29, 1.82) is 0 Å². The quantitative estimate of drug-likeness (QED) is 0.474. The first-order chi connectivity index (χ1) is 9.95. The lowest BCUT2D eigenvalue weighted by atomic mass is 10.7. The highest BCUT2D eigenvalue weighted by Crippen LogP contribution is 2.24. The van der Waals surface area contributed by atoms with Crippen LogP contribution in [0.4, 0.5) is 0 Å². The topological polar surface area (TPSA) is 6.48 Å². The summed E-state index contributed by atoms with van der Waals surface area (Å²) in [4.78, 5) is 5.19. The van der Waals surface area contributed by atoms with E-state index in [4.69, 9.17) is 0 Å². The predicted octanol–water partition coefficient (Wildman–Crippen LogP) is 3.76. The Balaban J connectivity index is 1.42. The first-order valence-electron chi connectivity index (χ1n) is 6.95. The SMILES string of the molecule is C1CSCN(CCSSCCN2CSCCSC2)CS1. The zero-order valence-corrected chi connectivity index (χ0v) is 16.7. The van der Waals surface area contributed by atoms with Crippen LogP contribution in [0.1, 0.15) is 0 Å². The molecule has 0 N–H and O–H groups in total. The summed E-state index contributed by atoms with van der Waals surface area (Å²) < 4.78 is 0. The molecule has 0 aromatic rings. The van der Waals surface area contributed by atoms with Crippen LogP contribution in [-0.2, 0) is 0 Å². The molecule has 2 fully saturated rings. The summed E-state index contributed by atoms with van der Waals surface area (Å²) in [7, 11) is 4.13. The van der Waals surface area contributed by atoms with Gasteiger partial charge in [0, 0.05) is 71.1 Å². The van der Waals surface area contributed by atoms with Crippen LogP contribution in [0.3, 0.4) is 0 Å². The van der Waals surface area contributed by atoms with Gasteiger partial charge in [0.15, 0.2) is 0 Å². The van der Waals surface area contributed by atoms with Crippen LogP contribution in [0.5, 0.6) is 0 Å². The molecule has 0 aromatic carbocycles. The zero-order chi connectivity index (χ0) is 13.9. The highest BCUT2D eigenvalue weighted by molar-refractivity contribution is 8.76. The first kappa shape index (κ1) is 18.4. The molecule has 0 spiro atoms. The molecule has 2 heterocycles. The summed E-state index contributed by atoms with van der Waals surface area (Å²) in [5.74, 6) is 12.8. The zero-order valence-electron chi connectivity index (χ0n) is 11.8. The highest BCUT2D eigenvalue weighted by atomic mass is 33.1. The van der Waals surface area contributed by atoms with Gasteiger partial charge in [-0.2, -0.15) is 0 Å². The molecule has 118 valence electrons. The van der Waals surface area contributed by atoms with Crippen molar-refractivity contribution >= 4 is 68.6 Å². The first-order valence-corrected chi connectivity index (χ1v) is 14.1. The molecule has 0 bridgehead atoms. The van der Waals surface area contributed by atoms with E-state index in [1.807, 2.05) is 0 Å². The summed E-state index contributed by atoms with van der Waals surface area (Å²) >= 11 is 8.36. The molecule has 2 aliphatic rings. The van der Waals surface area contributed by atoms with Crippen LogP contribution in [-0.4, -0.2) is 80.9 Å². The van der Waals surface area contributed by atoms with E-state index in [0.29, 0.717) is 0 Å². The predicted molar refractivity (Wildman–Crippen MR) is 108 cm³/mol. The van der Waals surface area contributed by atoms with Gasteiger partial charge in [-0.1, -0.05) is 21.6 Å². The van der Waals surface area contributed by atoms with Crippen LogP contribution in [0.15, 0.2) is 0 Å². The molecule has 2 nitrogen and oxygen atoms in total. The third kappa shape index (κ3) is 8.60. The van der Waals surface area contributed by atoms with Gasteiger partial charge in [0.1, 0.15) is 0 Å². The molecular formula is C12H24N2S6. The van der Waals surface area contributed by atoms with E-state index in [-0.39, 0.29) is 0 Å². The maximum absolute atomic E-state index is 2.60. The molecule has 0 saturated carbocycles. The average Bonchev–Trinajstić information content (AvgIpc) is 2.87. The molecule has 0 amide bonds. The molecule has 2 rings (SSSR count). The standard InChI is InChI=1S/C12H24N2S6/c1(13-9-15-5-6-16-10-13)3-19-20-4-2-14-11-17-7-8-18-12-14/h1-12H2. The molecule has 0 radical (unpaired) electrons. The molecular weight excluding hydrogens is 365 g/mol. The molecule has 0 aliphatic carbocycles. The Morgan fingerprint density at radius 3 is 1.30 bits per heavy atom. The van der Waals surface area contributed by atoms with E-state index in [1.54, 1.807) is 0 Å². The van der Waals surface area contributed by atoms with Gasteiger partial charge in [-0.25, -0.2) is 0 Å². The molecule has 8 heteroatoms. The number of hydrogen-bond acceptors (Lipinski definition) is 8. The summed E-state index contributed by atoms with van der Waals surface area (Å²) in [5, 5.41) is 0. The van der Waals surface area contributed by atoms with Crippen LogP contribution < -0.4 is 0 Å². The van der Waals surface area contributed by atoms with Gasteiger partial charge in [0.25, 0.3) is 0 Å². The maximum atomic E-state index is 2.60. The third-order valence-corrected chi connectivity index (χ3v) is 9.95. The van der Waals surface area contributed by atoms with Crippen molar-refractivity contribution in [1.82, 2.24) is 9.80 Å². The van der Waals surface area contributed by atoms with Crippen LogP contribution in [0.2, 0.25) is 0 Å². The van der Waals surface area contributed by atoms with Gasteiger partial charge < -0.3 is 0 Å². The number of nitrogens with zero attached hydrogens (tertiary/aromatic N) is 2. The van der Waals surface area contributed by atoms with E-state index in [0.717, 1.165) is 0 Å². The van der Waals surface area contributed by atoms with E-state index in [1.165, 1.54) is 71.1 Å². The van der Waals surface area contributed by atoms with E-state index in [2.05, 4.69) is 78.4 Å². The fourth-order valence-corrected chi connectivity index (χ4v) is 8.40. The second-order valence-electron chi connectivity index (χ2n) is 4.58. The van der Waals surface area contributed by atoms with E-state index in [9.17, 15) is 0 Å². The second kappa shape index (κ2) is 12.4. The van der Waals surface area contributed by atoms with Gasteiger partial charge in [-0.3, -0.25) is 9.80 Å². The second-order valence-corrected chi connectivity index (χ2v) is 11.6. The fourth-order valence-electron chi connectivity index (χ4n) is 1.79. The Morgan fingerprint density at radius 1 is 0.600 bits per heavy atom. The largest absolute Gasteiger partial charge is 0.284 e. The minimum absolute atomic E-state index is 1.24. The monoisotopic (exact) mass is 388 g/mol. The molecule has 0 atom stereocenters. The van der Waals surface area contributed by atoms with Crippen molar-refractivity contribution in [2.24, 2.45) is 0 Å². The smallest absolute Gasteiger partial charge is 0.0453 e. The molecule has 20 heavy (non-hydrogen) atoms. The Labute approximate surface area is 148 Å². The lowest BCUT2D eigenvalue weighted by Crippen LogP contribution is -2.25. The molecule has 0 unspecified atom stereocenters. The van der Waals surface area contributed by atoms with Gasteiger partial charge in [0.05, 0.1) is 0 Å². The van der Waals surface area contributed by atoms with Crippen molar-refractivity contribution in [3.8, 4) is 0 Å². The van der Waals surface area contributed by atoms with Gasteiger partial charge in [-0.15, -0.1) is 47.0 Å². The van der Waals surface area contributed by atoms with Crippen molar-refractivity contribution in [2.75, 3.05) is 71.1 Å². The van der Waals surface area contributed by atoms with E-state index >= 15 is 0 Å². The lowest BCUT2D eigenvalue weighted by Gasteiger charge is -2.19. The van der Waals surface area contributed by atoms with Crippen molar-refractivity contribution in [3.63, 3.8) is 0 Å². The van der Waals surface area contributed by atoms with Crippen molar-refractivity contribution in [3.05, 3.63) is 0 Å². The normalized spacial score (nSPS) is 23.4. The minimum atomic E-state index is 1.24. The summed E-state index contributed by atoms with van der Waals surface area (Å²) in [6.07, 6.45) is 0. The van der Waals surface area contributed by atoms with Gasteiger partial charge in [0.2, 0.25) is 0 Å². The van der Waals surface area contributed by atoms with Crippen molar-refractivity contribution < 1.29 is 0 Å². The summed E-state index contributed by atoms with van der Waals surface area (Å²) in [6, 6.07) is 0. The van der Waals surface area contributed by atoms with Crippen molar-refractivity contribution in [2.45, 2.75) is 0 Å². The molecule has 2 saturated heterocycles. The Morgan fingerprint density at radius 2 is 0.950 bits per heavy atom. The van der Waals surface area contributed by atoms with Gasteiger partial charge >= 0.3 is 0 Å². The van der Waals surface area contributed by atoms with Gasteiger partial charge in [-0.05, 0) is 0 Å². The number of rotatable bonds is 7. The fraction of sp³-hybridized carbons (Fsp3) is 1.00. The average molecular weight is 389 g/mol. The summed E-state index contributed by atoms with van der Waals surface area (Å²) in [6.45, 7) is 2.51. The molecule has 2 aliphatic heterocycles. The third-order valence-electron chi connectivity index (χ3n) is 2.90. The summed E-state index contributed by atoms with van der Waals surface area (Å²) in [5.41, 5.74) is 0. The number of thioether (sulfide) groups is 4. The lowest BCUT2D eigenvalue weighted by molar-refractivity contribution is 0.404. The van der Waals surface area contributed by atoms with Crippen LogP contribution >= 0.6 is 68.6 Å². The highest BCUT2D eigenvalue weighted by Gasteiger charge is 2.10. The van der Waals surface area contributed by atoms with Crippen LogP contribution in [0, 0.1) is 0 Å². The Bertz CT molecular complexity index is 206. The molecule has 0 aromatic heterocycles. The maximum Gasteiger partial charge on any atom is 0.0453 e. The Hall–Kier alpha value is 2.02. The number of hydrogen-bond donors (Lipinski definition) is 0. The minimum Gasteiger partial charge on any atom is -0.284 e. The van der Waals surface area contributed by atoms with Crippen LogP contribution in [0.25, 0.3) is 0 Å². The Kier molecular flexibility index (Phi) is 11.4. The van der Waals surface area contributed by atoms with E-state index < -0.39 is 0 Å².